The summed E-state index contributed by atoms with van der Waals surface area (Å²) in [6.45, 7) is 6.47. The first kappa shape index (κ1) is 15.8. The minimum Gasteiger partial charge on any atom is -0.507 e. The highest BCUT2D eigenvalue weighted by Crippen LogP contribution is 2.21. The van der Waals surface area contributed by atoms with Gasteiger partial charge in [-0.3, -0.25) is 4.79 Å². The van der Waals surface area contributed by atoms with Gasteiger partial charge in [0.05, 0.1) is 11.8 Å². The number of phenolic OH excluding ortho intramolecular Hbond substituents is 1. The van der Waals surface area contributed by atoms with E-state index in [0.29, 0.717) is 0 Å². The van der Waals surface area contributed by atoms with E-state index < -0.39 is 5.91 Å². The zero-order valence-corrected chi connectivity index (χ0v) is 13.0. The van der Waals surface area contributed by atoms with Crippen LogP contribution >= 0.6 is 0 Å². The van der Waals surface area contributed by atoms with Crippen molar-refractivity contribution < 1.29 is 9.90 Å². The normalized spacial score (nSPS) is 11.6. The lowest BCUT2D eigenvalue weighted by Crippen LogP contribution is -2.17. The Balaban J connectivity index is 2.01. The van der Waals surface area contributed by atoms with Crippen LogP contribution in [0.5, 0.6) is 5.75 Å². The Kier molecular flexibility index (Phi) is 4.61. The minimum atomic E-state index is -0.444. The third-order valence-corrected chi connectivity index (χ3v) is 3.31. The molecule has 2 N–H and O–H groups in total. The molecule has 0 fully saturated rings. The molecule has 0 unspecified atom stereocenters. The number of hydrogen-bond donors (Lipinski definition) is 2. The quantitative estimate of drug-likeness (QED) is 0.673. The fourth-order valence-electron chi connectivity index (χ4n) is 1.96. The fraction of sp³-hybridized carbons (Fsp3) is 0.222. The lowest BCUT2D eigenvalue weighted by Gasteiger charge is -2.18. The second-order valence-electron chi connectivity index (χ2n) is 6.09. The minimum absolute atomic E-state index is 0.0651. The van der Waals surface area contributed by atoms with Gasteiger partial charge < -0.3 is 5.11 Å². The third kappa shape index (κ3) is 3.95. The van der Waals surface area contributed by atoms with E-state index in [1.165, 1.54) is 17.7 Å². The molecule has 0 aliphatic carbocycles. The summed E-state index contributed by atoms with van der Waals surface area (Å²) in [7, 11) is 0. The molecular formula is C18H20N2O2. The van der Waals surface area contributed by atoms with E-state index in [1.807, 2.05) is 24.3 Å². The van der Waals surface area contributed by atoms with Gasteiger partial charge in [-0.15, -0.1) is 0 Å². The van der Waals surface area contributed by atoms with Crippen molar-refractivity contribution in [2.75, 3.05) is 0 Å². The molecule has 0 aliphatic heterocycles. The highest BCUT2D eigenvalue weighted by molar-refractivity contribution is 5.97. The summed E-state index contributed by atoms with van der Waals surface area (Å²) in [4.78, 5) is 11.9. The Bertz CT molecular complexity index is 683. The highest BCUT2D eigenvalue weighted by atomic mass is 16.3. The number of carbonyl (C=O) groups excluding carboxylic acids is 1. The van der Waals surface area contributed by atoms with Crippen LogP contribution in [0.15, 0.2) is 53.6 Å². The summed E-state index contributed by atoms with van der Waals surface area (Å²) in [5, 5.41) is 13.5. The van der Waals surface area contributed by atoms with Gasteiger partial charge >= 0.3 is 0 Å². The van der Waals surface area contributed by atoms with Crippen LogP contribution in [0.2, 0.25) is 0 Å². The summed E-state index contributed by atoms with van der Waals surface area (Å²) in [5.41, 5.74) is 4.84. The molecule has 2 aromatic rings. The smallest absolute Gasteiger partial charge is 0.275 e. The predicted molar refractivity (Wildman–Crippen MR) is 88.3 cm³/mol. The van der Waals surface area contributed by atoms with Gasteiger partial charge in [-0.25, -0.2) is 5.43 Å². The average Bonchev–Trinajstić information content (AvgIpc) is 2.47. The molecule has 0 saturated carbocycles. The molecule has 4 heteroatoms. The molecule has 0 atom stereocenters. The van der Waals surface area contributed by atoms with Crippen LogP contribution in [0, 0.1) is 0 Å². The van der Waals surface area contributed by atoms with E-state index in [4.69, 9.17) is 0 Å². The number of carbonyl (C=O) groups is 1. The van der Waals surface area contributed by atoms with Gasteiger partial charge in [-0.2, -0.15) is 5.10 Å². The number of para-hydroxylation sites is 1. The number of nitrogens with one attached hydrogen (secondary N) is 1. The number of rotatable bonds is 3. The molecular weight excluding hydrogens is 276 g/mol. The fourth-order valence-corrected chi connectivity index (χ4v) is 1.96. The second-order valence-corrected chi connectivity index (χ2v) is 6.09. The molecule has 2 aromatic carbocycles. The van der Waals surface area contributed by atoms with Crippen molar-refractivity contribution in [3.63, 3.8) is 0 Å². The summed E-state index contributed by atoms with van der Waals surface area (Å²) < 4.78 is 0. The van der Waals surface area contributed by atoms with Gasteiger partial charge in [0.15, 0.2) is 0 Å². The van der Waals surface area contributed by atoms with Gasteiger partial charge in [0, 0.05) is 0 Å². The molecule has 1 amide bonds. The molecule has 114 valence electrons. The topological polar surface area (TPSA) is 61.7 Å². The Hall–Kier alpha value is -2.62. The van der Waals surface area contributed by atoms with Crippen molar-refractivity contribution in [1.29, 1.82) is 0 Å². The van der Waals surface area contributed by atoms with E-state index in [2.05, 4.69) is 31.3 Å². The van der Waals surface area contributed by atoms with E-state index in [-0.39, 0.29) is 16.7 Å². The Morgan fingerprint density at radius 1 is 1.09 bits per heavy atom. The first-order valence-corrected chi connectivity index (χ1v) is 7.10. The number of aromatic hydroxyl groups is 1. The number of amides is 1. The molecule has 0 aromatic heterocycles. The first-order valence-electron chi connectivity index (χ1n) is 7.10. The standard InChI is InChI=1S/C18H20N2O2/c1-18(2,3)14-10-8-13(9-11-14)12-19-20-17(22)15-6-4-5-7-16(15)21/h4-12,21H,1-3H3,(H,20,22)/b19-12-. The zero-order valence-electron chi connectivity index (χ0n) is 13.0. The van der Waals surface area contributed by atoms with Crippen molar-refractivity contribution in [1.82, 2.24) is 5.43 Å². The molecule has 4 nitrogen and oxygen atoms in total. The summed E-state index contributed by atoms with van der Waals surface area (Å²) in [5.74, 6) is -0.509. The molecule has 0 bridgehead atoms. The van der Waals surface area contributed by atoms with Crippen LogP contribution in [0.4, 0.5) is 0 Å². The van der Waals surface area contributed by atoms with Crippen LogP contribution in [0.3, 0.4) is 0 Å². The van der Waals surface area contributed by atoms with Gasteiger partial charge in [-0.05, 0) is 28.7 Å². The largest absolute Gasteiger partial charge is 0.507 e. The number of phenols is 1. The summed E-state index contributed by atoms with van der Waals surface area (Å²) in [6, 6.07) is 14.3. The second kappa shape index (κ2) is 6.43. The Morgan fingerprint density at radius 3 is 2.32 bits per heavy atom. The first-order chi connectivity index (χ1) is 10.4. The van der Waals surface area contributed by atoms with Crippen LogP contribution in [0.25, 0.3) is 0 Å². The number of hydrogen-bond acceptors (Lipinski definition) is 3. The maximum absolute atomic E-state index is 11.9. The van der Waals surface area contributed by atoms with Crippen molar-refractivity contribution in [2.45, 2.75) is 26.2 Å². The maximum atomic E-state index is 11.9. The predicted octanol–water partition coefficient (Wildman–Crippen LogP) is 3.45. The van der Waals surface area contributed by atoms with E-state index in [0.717, 1.165) is 5.56 Å². The lowest BCUT2D eigenvalue weighted by atomic mass is 9.87. The van der Waals surface area contributed by atoms with Gasteiger partial charge in [-0.1, -0.05) is 57.2 Å². The third-order valence-electron chi connectivity index (χ3n) is 3.31. The van der Waals surface area contributed by atoms with Gasteiger partial charge in [0.25, 0.3) is 5.91 Å². The van der Waals surface area contributed by atoms with E-state index in [9.17, 15) is 9.90 Å². The van der Waals surface area contributed by atoms with Crippen LogP contribution in [-0.4, -0.2) is 17.2 Å². The molecule has 0 spiro atoms. The Labute approximate surface area is 130 Å². The Morgan fingerprint density at radius 2 is 1.73 bits per heavy atom. The van der Waals surface area contributed by atoms with Gasteiger partial charge in [0.2, 0.25) is 0 Å². The van der Waals surface area contributed by atoms with E-state index >= 15 is 0 Å². The van der Waals surface area contributed by atoms with Crippen molar-refractivity contribution in [3.05, 3.63) is 65.2 Å². The zero-order chi connectivity index (χ0) is 16.2. The van der Waals surface area contributed by atoms with Gasteiger partial charge in [0.1, 0.15) is 5.75 Å². The van der Waals surface area contributed by atoms with E-state index in [1.54, 1.807) is 18.3 Å². The summed E-state index contributed by atoms with van der Waals surface area (Å²) in [6.07, 6.45) is 1.57. The monoisotopic (exact) mass is 296 g/mol. The van der Waals surface area contributed by atoms with Crippen LogP contribution in [-0.2, 0) is 5.41 Å². The molecule has 2 rings (SSSR count). The van der Waals surface area contributed by atoms with Crippen LogP contribution < -0.4 is 5.43 Å². The maximum Gasteiger partial charge on any atom is 0.275 e. The SMILES string of the molecule is CC(C)(C)c1ccc(/C=N\NC(=O)c2ccccc2O)cc1. The molecule has 0 radical (unpaired) electrons. The van der Waals surface area contributed by atoms with Crippen molar-refractivity contribution in [2.24, 2.45) is 5.10 Å². The molecule has 0 saturated heterocycles. The summed E-state index contributed by atoms with van der Waals surface area (Å²) >= 11 is 0. The number of benzene rings is 2. The molecule has 0 heterocycles. The number of nitrogens with zero attached hydrogens (tertiary/aromatic N) is 1. The lowest BCUT2D eigenvalue weighted by molar-refractivity contribution is 0.0952. The highest BCUT2D eigenvalue weighted by Gasteiger charge is 2.12. The van der Waals surface area contributed by atoms with Crippen LogP contribution in [0.1, 0.15) is 42.3 Å². The van der Waals surface area contributed by atoms with Crippen molar-refractivity contribution in [3.8, 4) is 5.75 Å². The average molecular weight is 296 g/mol. The molecule has 22 heavy (non-hydrogen) atoms. The number of hydrazone groups is 1. The van der Waals surface area contributed by atoms with Crippen molar-refractivity contribution >= 4 is 12.1 Å². The molecule has 0 aliphatic rings.